The number of hydrogen-bond donors (Lipinski definition) is 1. The average molecular weight is 228 g/mol. The third kappa shape index (κ3) is 5.47. The number of nitrogens with one attached hydrogen (secondary N) is 1. The van der Waals surface area contributed by atoms with E-state index < -0.39 is 0 Å². The number of nitrogens with zero attached hydrogens (tertiary/aromatic N) is 1. The van der Waals surface area contributed by atoms with Crippen LogP contribution in [0.4, 0.5) is 0 Å². The van der Waals surface area contributed by atoms with Crippen molar-refractivity contribution in [3.8, 4) is 0 Å². The van der Waals surface area contributed by atoms with Crippen molar-refractivity contribution in [3.05, 3.63) is 0 Å². The largest absolute Gasteiger partial charge is 0.383 e. The van der Waals surface area contributed by atoms with Gasteiger partial charge in [-0.25, -0.2) is 0 Å². The number of methoxy groups -OCH3 is 1. The number of amides is 1. The minimum absolute atomic E-state index is 0.192. The van der Waals surface area contributed by atoms with E-state index in [1.54, 1.807) is 7.11 Å². The van der Waals surface area contributed by atoms with E-state index in [4.69, 9.17) is 4.74 Å². The van der Waals surface area contributed by atoms with Crippen LogP contribution < -0.4 is 5.32 Å². The Morgan fingerprint density at radius 1 is 1.50 bits per heavy atom. The Bertz CT molecular complexity index is 215. The van der Waals surface area contributed by atoms with Crippen LogP contribution in [-0.4, -0.2) is 50.2 Å². The number of carbonyl (C=O) groups excluding carboxylic acids is 1. The van der Waals surface area contributed by atoms with Crippen LogP contribution in [0.3, 0.4) is 0 Å². The van der Waals surface area contributed by atoms with Gasteiger partial charge in [0.25, 0.3) is 0 Å². The van der Waals surface area contributed by atoms with Crippen molar-refractivity contribution < 1.29 is 9.53 Å². The fourth-order valence-electron chi connectivity index (χ4n) is 1.59. The number of ether oxygens (including phenoxy) is 1. The molecule has 94 valence electrons. The maximum absolute atomic E-state index is 11.9. The highest BCUT2D eigenvalue weighted by atomic mass is 16.5. The van der Waals surface area contributed by atoms with Crippen molar-refractivity contribution in [2.45, 2.75) is 32.7 Å². The van der Waals surface area contributed by atoms with Gasteiger partial charge in [-0.15, -0.1) is 0 Å². The minimum Gasteiger partial charge on any atom is -0.383 e. The van der Waals surface area contributed by atoms with Crippen LogP contribution in [0, 0.1) is 5.92 Å². The van der Waals surface area contributed by atoms with Gasteiger partial charge < -0.3 is 15.0 Å². The van der Waals surface area contributed by atoms with Gasteiger partial charge in [-0.2, -0.15) is 0 Å². The van der Waals surface area contributed by atoms with Crippen molar-refractivity contribution in [1.82, 2.24) is 10.2 Å². The fraction of sp³-hybridized carbons (Fsp3) is 0.917. The van der Waals surface area contributed by atoms with E-state index in [1.165, 1.54) is 12.8 Å². The summed E-state index contributed by atoms with van der Waals surface area (Å²) >= 11 is 0. The molecule has 0 spiro atoms. The van der Waals surface area contributed by atoms with Crippen molar-refractivity contribution in [2.24, 2.45) is 5.92 Å². The average Bonchev–Trinajstić information content (AvgIpc) is 3.04. The predicted octanol–water partition coefficient (Wildman–Crippen LogP) is 0.869. The normalized spacial score (nSPS) is 15.5. The van der Waals surface area contributed by atoms with Gasteiger partial charge in [0, 0.05) is 26.2 Å². The predicted molar refractivity (Wildman–Crippen MR) is 64.3 cm³/mol. The number of carbonyl (C=O) groups is 1. The Morgan fingerprint density at radius 2 is 2.19 bits per heavy atom. The van der Waals surface area contributed by atoms with Gasteiger partial charge in [-0.3, -0.25) is 4.79 Å². The van der Waals surface area contributed by atoms with Gasteiger partial charge in [-0.1, -0.05) is 13.8 Å². The highest BCUT2D eigenvalue weighted by Crippen LogP contribution is 2.18. The Morgan fingerprint density at radius 3 is 2.69 bits per heavy atom. The summed E-state index contributed by atoms with van der Waals surface area (Å²) in [6.07, 6.45) is 2.44. The lowest BCUT2D eigenvalue weighted by molar-refractivity contribution is -0.131. The quantitative estimate of drug-likeness (QED) is 0.670. The Balaban J connectivity index is 2.28. The van der Waals surface area contributed by atoms with Crippen LogP contribution in [0.2, 0.25) is 0 Å². The molecule has 0 aromatic carbocycles. The van der Waals surface area contributed by atoms with E-state index in [-0.39, 0.29) is 5.91 Å². The zero-order valence-corrected chi connectivity index (χ0v) is 10.7. The Labute approximate surface area is 98.3 Å². The fourth-order valence-corrected chi connectivity index (χ4v) is 1.59. The second-order valence-corrected chi connectivity index (χ2v) is 4.88. The lowest BCUT2D eigenvalue weighted by Crippen LogP contribution is -2.42. The van der Waals surface area contributed by atoms with Crippen LogP contribution in [0.25, 0.3) is 0 Å². The highest BCUT2D eigenvalue weighted by molar-refractivity contribution is 5.78. The summed E-state index contributed by atoms with van der Waals surface area (Å²) in [7, 11) is 1.67. The van der Waals surface area contributed by atoms with Gasteiger partial charge in [-0.05, 0) is 18.8 Å². The lowest BCUT2D eigenvalue weighted by Gasteiger charge is -2.24. The highest BCUT2D eigenvalue weighted by Gasteiger charge is 2.22. The smallest absolute Gasteiger partial charge is 0.236 e. The SMILES string of the molecule is COCCN(CC(C)C)C(=O)CNC1CC1. The summed E-state index contributed by atoms with van der Waals surface area (Å²) in [5.74, 6) is 0.694. The molecule has 0 aliphatic heterocycles. The Hall–Kier alpha value is -0.610. The molecule has 0 bridgehead atoms. The van der Waals surface area contributed by atoms with E-state index in [2.05, 4.69) is 19.2 Å². The monoisotopic (exact) mass is 228 g/mol. The molecule has 0 radical (unpaired) electrons. The summed E-state index contributed by atoms with van der Waals surface area (Å²) < 4.78 is 5.03. The van der Waals surface area contributed by atoms with Crippen molar-refractivity contribution in [3.63, 3.8) is 0 Å². The van der Waals surface area contributed by atoms with Gasteiger partial charge >= 0.3 is 0 Å². The molecule has 4 nitrogen and oxygen atoms in total. The zero-order valence-electron chi connectivity index (χ0n) is 10.7. The molecule has 0 saturated heterocycles. The third-order valence-corrected chi connectivity index (χ3v) is 2.62. The second kappa shape index (κ2) is 6.86. The minimum atomic E-state index is 0.192. The maximum Gasteiger partial charge on any atom is 0.236 e. The van der Waals surface area contributed by atoms with Crippen molar-refractivity contribution >= 4 is 5.91 Å². The van der Waals surface area contributed by atoms with E-state index in [0.29, 0.717) is 31.7 Å². The molecule has 4 heteroatoms. The molecule has 1 amide bonds. The molecule has 0 heterocycles. The molecule has 1 aliphatic carbocycles. The van der Waals surface area contributed by atoms with Crippen LogP contribution >= 0.6 is 0 Å². The van der Waals surface area contributed by atoms with Crippen LogP contribution in [0.15, 0.2) is 0 Å². The molecule has 0 unspecified atom stereocenters. The molecule has 1 fully saturated rings. The first-order valence-electron chi connectivity index (χ1n) is 6.13. The number of hydrogen-bond acceptors (Lipinski definition) is 3. The standard InChI is InChI=1S/C12H24N2O2/c1-10(2)9-14(6-7-16-3)12(15)8-13-11-4-5-11/h10-11,13H,4-9H2,1-3H3. The second-order valence-electron chi connectivity index (χ2n) is 4.88. The topological polar surface area (TPSA) is 41.6 Å². The third-order valence-electron chi connectivity index (χ3n) is 2.62. The summed E-state index contributed by atoms with van der Waals surface area (Å²) in [6, 6.07) is 0.590. The van der Waals surface area contributed by atoms with Crippen molar-refractivity contribution in [1.29, 1.82) is 0 Å². The van der Waals surface area contributed by atoms with Gasteiger partial charge in [0.2, 0.25) is 5.91 Å². The molecular weight excluding hydrogens is 204 g/mol. The van der Waals surface area contributed by atoms with Crippen molar-refractivity contribution in [2.75, 3.05) is 33.4 Å². The van der Waals surface area contributed by atoms with E-state index >= 15 is 0 Å². The molecule has 0 aromatic heterocycles. The summed E-state index contributed by atoms with van der Waals surface area (Å²) in [4.78, 5) is 13.8. The Kier molecular flexibility index (Phi) is 5.77. The van der Waals surface area contributed by atoms with Gasteiger partial charge in [0.05, 0.1) is 13.2 Å². The van der Waals surface area contributed by atoms with E-state index in [0.717, 1.165) is 6.54 Å². The summed E-state index contributed by atoms with van der Waals surface area (Å²) in [6.45, 7) is 6.85. The van der Waals surface area contributed by atoms with Crippen LogP contribution in [0.5, 0.6) is 0 Å². The first-order valence-corrected chi connectivity index (χ1v) is 6.13. The first-order chi connectivity index (χ1) is 7.63. The van der Waals surface area contributed by atoms with E-state index in [1.807, 2.05) is 4.90 Å². The zero-order chi connectivity index (χ0) is 12.0. The molecule has 0 atom stereocenters. The van der Waals surface area contributed by atoms with Gasteiger partial charge in [0.15, 0.2) is 0 Å². The van der Waals surface area contributed by atoms with Crippen LogP contribution in [0.1, 0.15) is 26.7 Å². The molecule has 1 rings (SSSR count). The molecule has 16 heavy (non-hydrogen) atoms. The molecule has 1 saturated carbocycles. The van der Waals surface area contributed by atoms with E-state index in [9.17, 15) is 4.79 Å². The maximum atomic E-state index is 11.9. The molecule has 1 N–H and O–H groups in total. The lowest BCUT2D eigenvalue weighted by atomic mass is 10.2. The summed E-state index contributed by atoms with van der Waals surface area (Å²) in [5.41, 5.74) is 0. The van der Waals surface area contributed by atoms with Gasteiger partial charge in [0.1, 0.15) is 0 Å². The molecular formula is C12H24N2O2. The molecule has 1 aliphatic rings. The summed E-state index contributed by atoms with van der Waals surface area (Å²) in [5, 5.41) is 3.25. The van der Waals surface area contributed by atoms with Crippen LogP contribution in [-0.2, 0) is 9.53 Å². The molecule has 0 aromatic rings. The number of rotatable bonds is 8. The first kappa shape index (κ1) is 13.5.